The van der Waals surface area contributed by atoms with E-state index in [1.54, 1.807) is 6.92 Å². The average molecular weight is 501 g/mol. The van der Waals surface area contributed by atoms with Gasteiger partial charge in [0, 0.05) is 0 Å². The summed E-state index contributed by atoms with van der Waals surface area (Å²) in [5.74, 6) is 2.52. The molecule has 170 valence electrons. The van der Waals surface area contributed by atoms with E-state index in [1.165, 1.54) is 16.9 Å². The maximum atomic E-state index is 11.6. The number of carbonyl (C=O) groups is 1. The monoisotopic (exact) mass is 501 g/mol. The van der Waals surface area contributed by atoms with Crippen LogP contribution in [-0.2, 0) is 9.53 Å². The molecule has 1 amide bonds. The summed E-state index contributed by atoms with van der Waals surface area (Å²) >= 11 is 1.52. The fourth-order valence-electron chi connectivity index (χ4n) is 5.17. The van der Waals surface area contributed by atoms with Crippen molar-refractivity contribution in [3.63, 3.8) is 0 Å². The molecule has 2 aromatic rings. The van der Waals surface area contributed by atoms with Crippen molar-refractivity contribution < 1.29 is 13.9 Å². The third-order valence-corrected chi connectivity index (χ3v) is 8.44. The summed E-state index contributed by atoms with van der Waals surface area (Å²) in [6.07, 6.45) is 7.54. The Labute approximate surface area is 196 Å². The van der Waals surface area contributed by atoms with E-state index in [-0.39, 0.29) is 11.8 Å². The number of amides is 1. The van der Waals surface area contributed by atoms with Crippen LogP contribution in [0.1, 0.15) is 56.9 Å². The molecule has 2 atom stereocenters. The summed E-state index contributed by atoms with van der Waals surface area (Å²) in [6, 6.07) is 0.396. The molecule has 10 heteroatoms. The number of quaternary nitrogens is 1. The van der Waals surface area contributed by atoms with E-state index in [1.807, 2.05) is 17.3 Å². The molecule has 5 rings (SSSR count). The fourth-order valence-corrected chi connectivity index (χ4v) is 6.01. The van der Waals surface area contributed by atoms with Crippen LogP contribution in [0.25, 0.3) is 11.5 Å². The minimum atomic E-state index is 0.126. The standard InChI is InChI=1S/C22H30AsN6O3/c1-3-29(16-6-10-31-11-7-16)20-17(13-25-29)19(23)18(12-24-20)22-27-26-21(32-22)15-4-8-28(9-5-15)14(2)30/h12-13,15-16H,3-11,23H2,1-2H3/q+1. The first-order valence-corrected chi connectivity index (χ1v) is 12.6. The van der Waals surface area contributed by atoms with Crippen LogP contribution in [0.3, 0.4) is 0 Å². The van der Waals surface area contributed by atoms with Crippen molar-refractivity contribution >= 4 is 39.1 Å². The first-order chi connectivity index (χ1) is 15.5. The SMILES string of the molecule is CC[N+]1(C2CCOCC2)N=Cc2c1ncc(-c1nnc(C3CCN(C(C)=O)CC3)o1)c2[AsH2]. The van der Waals surface area contributed by atoms with Crippen LogP contribution in [0.4, 0.5) is 5.82 Å². The normalized spacial score (nSPS) is 24.2. The number of piperidine rings is 1. The molecule has 3 aliphatic heterocycles. The van der Waals surface area contributed by atoms with E-state index in [0.29, 0.717) is 22.4 Å². The van der Waals surface area contributed by atoms with Gasteiger partial charge in [-0.3, -0.25) is 0 Å². The number of fused-ring (bicyclic) bond motifs is 1. The van der Waals surface area contributed by atoms with Crippen molar-refractivity contribution in [1.82, 2.24) is 24.7 Å². The molecule has 9 nitrogen and oxygen atoms in total. The van der Waals surface area contributed by atoms with E-state index in [0.717, 1.165) is 79.8 Å². The quantitative estimate of drug-likeness (QED) is 0.458. The van der Waals surface area contributed by atoms with Gasteiger partial charge >= 0.3 is 196 Å². The molecule has 32 heavy (non-hydrogen) atoms. The van der Waals surface area contributed by atoms with Crippen LogP contribution < -0.4 is 8.94 Å². The molecule has 2 saturated heterocycles. The van der Waals surface area contributed by atoms with Gasteiger partial charge in [0.1, 0.15) is 0 Å². The summed E-state index contributed by atoms with van der Waals surface area (Å²) in [6.45, 7) is 7.71. The number of hydrogen-bond donors (Lipinski definition) is 0. The van der Waals surface area contributed by atoms with E-state index < -0.39 is 0 Å². The Morgan fingerprint density at radius 1 is 1.22 bits per heavy atom. The third-order valence-electron chi connectivity index (χ3n) is 7.13. The van der Waals surface area contributed by atoms with Crippen molar-refractivity contribution in [1.29, 1.82) is 0 Å². The summed E-state index contributed by atoms with van der Waals surface area (Å²) in [4.78, 5) is 18.3. The van der Waals surface area contributed by atoms with Gasteiger partial charge in [0.15, 0.2) is 0 Å². The first-order valence-electron chi connectivity index (χ1n) is 11.4. The molecule has 3 aliphatic rings. The third kappa shape index (κ3) is 3.60. The Hall–Kier alpha value is -2.09. The van der Waals surface area contributed by atoms with E-state index in [9.17, 15) is 4.79 Å². The predicted molar refractivity (Wildman–Crippen MR) is 124 cm³/mol. The molecule has 0 spiro atoms. The Morgan fingerprint density at radius 2 is 1.97 bits per heavy atom. The number of aromatic nitrogens is 3. The first kappa shape index (κ1) is 21.7. The predicted octanol–water partition coefficient (Wildman–Crippen LogP) is 0.970. The molecule has 0 N–H and O–H groups in total. The minimum absolute atomic E-state index is 0.126. The molecular weight excluding hydrogens is 471 g/mol. The van der Waals surface area contributed by atoms with Crippen LogP contribution in [0, 0.1) is 0 Å². The number of nitrogens with zero attached hydrogens (tertiary/aromatic N) is 6. The number of pyridine rings is 1. The summed E-state index contributed by atoms with van der Waals surface area (Å²) in [7, 11) is 0. The van der Waals surface area contributed by atoms with Gasteiger partial charge in [0.05, 0.1) is 0 Å². The molecule has 0 radical (unpaired) electrons. The van der Waals surface area contributed by atoms with Crippen molar-refractivity contribution in [2.45, 2.75) is 51.5 Å². The van der Waals surface area contributed by atoms with Gasteiger partial charge in [0.2, 0.25) is 0 Å². The van der Waals surface area contributed by atoms with Gasteiger partial charge in [0.25, 0.3) is 0 Å². The number of carbonyl (C=O) groups excluding carboxylic acids is 1. The van der Waals surface area contributed by atoms with Crippen molar-refractivity contribution in [2.75, 3.05) is 32.8 Å². The molecule has 2 fully saturated rings. The van der Waals surface area contributed by atoms with Gasteiger partial charge in [-0.25, -0.2) is 0 Å². The van der Waals surface area contributed by atoms with E-state index in [2.05, 4.69) is 17.1 Å². The zero-order chi connectivity index (χ0) is 22.3. The van der Waals surface area contributed by atoms with Crippen molar-refractivity contribution in [3.05, 3.63) is 17.7 Å². The van der Waals surface area contributed by atoms with Crippen molar-refractivity contribution in [2.24, 2.45) is 5.10 Å². The van der Waals surface area contributed by atoms with Gasteiger partial charge in [-0.15, -0.1) is 0 Å². The van der Waals surface area contributed by atoms with Crippen LogP contribution in [0.5, 0.6) is 0 Å². The Morgan fingerprint density at radius 3 is 2.66 bits per heavy atom. The maximum absolute atomic E-state index is 11.6. The fraction of sp³-hybridized carbons (Fsp3) is 0.591. The second-order valence-corrected chi connectivity index (χ2v) is 9.99. The Balaban J connectivity index is 1.40. The molecular formula is C22H30AsN6O3+. The molecule has 2 unspecified atom stereocenters. The average Bonchev–Trinajstić information content (AvgIpc) is 3.46. The van der Waals surface area contributed by atoms with E-state index >= 15 is 0 Å². The summed E-state index contributed by atoms with van der Waals surface area (Å²) in [5.41, 5.74) is 1.98. The Kier molecular flexibility index (Phi) is 5.90. The van der Waals surface area contributed by atoms with E-state index in [4.69, 9.17) is 19.2 Å². The van der Waals surface area contributed by atoms with Crippen LogP contribution >= 0.6 is 0 Å². The molecule has 0 bridgehead atoms. The number of ether oxygens (including phenoxy) is 1. The molecule has 0 aliphatic carbocycles. The number of hydrogen-bond acceptors (Lipinski definition) is 7. The molecule has 2 aromatic heterocycles. The summed E-state index contributed by atoms with van der Waals surface area (Å²) in [5, 5.41) is 13.7. The molecule has 0 saturated carbocycles. The Bertz CT molecular complexity index is 1040. The van der Waals surface area contributed by atoms with Gasteiger partial charge < -0.3 is 0 Å². The van der Waals surface area contributed by atoms with Crippen molar-refractivity contribution in [3.8, 4) is 11.5 Å². The van der Waals surface area contributed by atoms with Crippen LogP contribution in [-0.4, -0.2) is 87.9 Å². The molecule has 5 heterocycles. The zero-order valence-electron chi connectivity index (χ0n) is 18.7. The second kappa shape index (κ2) is 8.69. The topological polar surface area (TPSA) is 93.7 Å². The second-order valence-electron chi connectivity index (χ2n) is 8.78. The number of rotatable bonds is 4. The van der Waals surface area contributed by atoms with Crippen LogP contribution in [0.15, 0.2) is 15.7 Å². The van der Waals surface area contributed by atoms with Crippen LogP contribution in [0.2, 0.25) is 0 Å². The number of likely N-dealkylation sites (tertiary alicyclic amines) is 1. The summed E-state index contributed by atoms with van der Waals surface area (Å²) < 4.78 is 13.4. The van der Waals surface area contributed by atoms with Gasteiger partial charge in [-0.2, -0.15) is 0 Å². The van der Waals surface area contributed by atoms with Gasteiger partial charge in [-0.05, 0) is 0 Å². The molecule has 0 aromatic carbocycles. The zero-order valence-corrected chi connectivity index (χ0v) is 21.1. The van der Waals surface area contributed by atoms with Gasteiger partial charge in [-0.1, -0.05) is 0 Å².